The summed E-state index contributed by atoms with van der Waals surface area (Å²) in [6.07, 6.45) is 2.72. The number of allylic oxidation sites excluding steroid dienone is 1. The van der Waals surface area contributed by atoms with Gasteiger partial charge in [-0.15, -0.1) is 5.73 Å². The second-order valence-electron chi connectivity index (χ2n) is 7.14. The Morgan fingerprint density at radius 1 is 1.31 bits per heavy atom. The molecule has 4 atom stereocenters. The Bertz CT molecular complexity index is 433. The van der Waals surface area contributed by atoms with Crippen molar-refractivity contribution in [1.82, 2.24) is 0 Å². The molecule has 0 saturated heterocycles. The van der Waals surface area contributed by atoms with Crippen molar-refractivity contribution in [3.63, 3.8) is 0 Å². The topological polar surface area (TPSA) is 0 Å². The van der Waals surface area contributed by atoms with Crippen molar-refractivity contribution in [2.75, 3.05) is 0 Å². The van der Waals surface area contributed by atoms with Gasteiger partial charge < -0.3 is 0 Å². The highest BCUT2D eigenvalue weighted by Gasteiger charge is 2.79. The maximum absolute atomic E-state index is 3.73. The van der Waals surface area contributed by atoms with Gasteiger partial charge in [-0.25, -0.2) is 0 Å². The quantitative estimate of drug-likeness (QED) is 0.563. The SMILES string of the molecule is CCC1(C)C(C)(C)C2C(C)=C=C3C(C)CC321. The second-order valence-corrected chi connectivity index (χ2v) is 7.14. The molecule has 88 valence electrons. The van der Waals surface area contributed by atoms with Crippen LogP contribution in [0, 0.1) is 28.1 Å². The van der Waals surface area contributed by atoms with E-state index in [0.29, 0.717) is 16.2 Å². The molecule has 0 aromatic rings. The lowest BCUT2D eigenvalue weighted by atomic mass is 9.25. The van der Waals surface area contributed by atoms with E-state index in [4.69, 9.17) is 0 Å². The zero-order valence-electron chi connectivity index (χ0n) is 11.6. The van der Waals surface area contributed by atoms with E-state index < -0.39 is 0 Å². The normalized spacial score (nSPS) is 51.9. The average molecular weight is 216 g/mol. The van der Waals surface area contributed by atoms with Crippen LogP contribution >= 0.6 is 0 Å². The highest BCUT2D eigenvalue weighted by atomic mass is 14.8. The molecule has 2 saturated carbocycles. The lowest BCUT2D eigenvalue weighted by molar-refractivity contribution is -0.250. The smallest absolute Gasteiger partial charge is 0.0132 e. The third-order valence-corrected chi connectivity index (χ3v) is 6.69. The fourth-order valence-electron chi connectivity index (χ4n) is 5.75. The van der Waals surface area contributed by atoms with Gasteiger partial charge in [0.2, 0.25) is 0 Å². The van der Waals surface area contributed by atoms with Crippen LogP contribution in [0.4, 0.5) is 0 Å². The van der Waals surface area contributed by atoms with Crippen molar-refractivity contribution >= 4 is 0 Å². The molecule has 0 aromatic heterocycles. The van der Waals surface area contributed by atoms with Gasteiger partial charge in [-0.05, 0) is 47.7 Å². The van der Waals surface area contributed by atoms with Crippen molar-refractivity contribution < 1.29 is 0 Å². The molecule has 3 rings (SSSR count). The van der Waals surface area contributed by atoms with Crippen LogP contribution in [0.3, 0.4) is 0 Å². The second kappa shape index (κ2) is 2.51. The Kier molecular flexibility index (Phi) is 1.67. The van der Waals surface area contributed by atoms with Gasteiger partial charge in [0.05, 0.1) is 0 Å². The van der Waals surface area contributed by atoms with Crippen LogP contribution < -0.4 is 0 Å². The summed E-state index contributed by atoms with van der Waals surface area (Å²) < 4.78 is 0. The third kappa shape index (κ3) is 0.688. The van der Waals surface area contributed by atoms with E-state index in [1.807, 2.05) is 0 Å². The molecule has 1 spiro atoms. The standard InChI is InChI=1S/C16H24/c1-7-15(6)14(4,5)13-10(2)8-12-11(3)9-16(12,13)15/h11,13H,7,9H2,1-6H3. The summed E-state index contributed by atoms with van der Waals surface area (Å²) in [6, 6.07) is 0. The first-order valence-corrected chi connectivity index (χ1v) is 6.80. The summed E-state index contributed by atoms with van der Waals surface area (Å²) in [4.78, 5) is 0. The molecule has 0 N–H and O–H groups in total. The minimum Gasteiger partial charge on any atom is -0.122 e. The Morgan fingerprint density at radius 2 is 1.94 bits per heavy atom. The van der Waals surface area contributed by atoms with Crippen molar-refractivity contribution in [3.8, 4) is 0 Å². The molecule has 2 fully saturated rings. The van der Waals surface area contributed by atoms with Crippen LogP contribution in [-0.2, 0) is 0 Å². The van der Waals surface area contributed by atoms with Gasteiger partial charge in [-0.3, -0.25) is 0 Å². The van der Waals surface area contributed by atoms with Crippen LogP contribution in [0.25, 0.3) is 0 Å². The fourth-order valence-corrected chi connectivity index (χ4v) is 5.75. The van der Waals surface area contributed by atoms with Crippen molar-refractivity contribution in [3.05, 3.63) is 16.9 Å². The van der Waals surface area contributed by atoms with Crippen molar-refractivity contribution in [1.29, 1.82) is 0 Å². The number of hydrogen-bond acceptors (Lipinski definition) is 0. The minimum absolute atomic E-state index is 0.459. The third-order valence-electron chi connectivity index (χ3n) is 6.69. The molecule has 0 bridgehead atoms. The number of rotatable bonds is 1. The zero-order chi connectivity index (χ0) is 11.9. The lowest BCUT2D eigenvalue weighted by Crippen LogP contribution is -2.72. The van der Waals surface area contributed by atoms with E-state index >= 15 is 0 Å². The summed E-state index contributed by atoms with van der Waals surface area (Å²) >= 11 is 0. The van der Waals surface area contributed by atoms with Crippen LogP contribution in [0.15, 0.2) is 16.9 Å². The highest BCUT2D eigenvalue weighted by molar-refractivity contribution is 5.49. The maximum Gasteiger partial charge on any atom is 0.0132 e. The summed E-state index contributed by atoms with van der Waals surface area (Å²) in [6.45, 7) is 14.5. The first kappa shape index (κ1) is 10.7. The summed E-state index contributed by atoms with van der Waals surface area (Å²) in [5.74, 6) is 1.58. The molecule has 3 aliphatic carbocycles. The predicted molar refractivity (Wildman–Crippen MR) is 68.1 cm³/mol. The van der Waals surface area contributed by atoms with Crippen LogP contribution in [0.2, 0.25) is 0 Å². The Labute approximate surface area is 99.8 Å². The van der Waals surface area contributed by atoms with Crippen LogP contribution in [0.1, 0.15) is 54.4 Å². The monoisotopic (exact) mass is 216 g/mol. The van der Waals surface area contributed by atoms with Gasteiger partial charge in [-0.1, -0.05) is 34.6 Å². The molecule has 0 nitrogen and oxygen atoms in total. The largest absolute Gasteiger partial charge is 0.122 e. The first-order valence-electron chi connectivity index (χ1n) is 6.80. The Balaban J connectivity index is 2.14. The summed E-state index contributed by atoms with van der Waals surface area (Å²) in [5.41, 5.74) is 8.42. The van der Waals surface area contributed by atoms with Gasteiger partial charge in [0.15, 0.2) is 0 Å². The molecule has 0 amide bonds. The van der Waals surface area contributed by atoms with E-state index in [9.17, 15) is 0 Å². The van der Waals surface area contributed by atoms with E-state index in [1.165, 1.54) is 18.4 Å². The molecule has 0 aromatic carbocycles. The van der Waals surface area contributed by atoms with Crippen LogP contribution in [-0.4, -0.2) is 0 Å². The van der Waals surface area contributed by atoms with E-state index in [1.54, 1.807) is 5.57 Å². The van der Waals surface area contributed by atoms with Gasteiger partial charge in [0.1, 0.15) is 0 Å². The van der Waals surface area contributed by atoms with Crippen molar-refractivity contribution in [2.45, 2.75) is 54.4 Å². The zero-order valence-corrected chi connectivity index (χ0v) is 11.6. The van der Waals surface area contributed by atoms with Crippen molar-refractivity contribution in [2.24, 2.45) is 28.1 Å². The predicted octanol–water partition coefficient (Wildman–Crippen LogP) is 4.57. The lowest BCUT2D eigenvalue weighted by Gasteiger charge is -2.77. The molecule has 0 radical (unpaired) electrons. The first-order chi connectivity index (χ1) is 7.33. The Hall–Kier alpha value is -0.480. The minimum atomic E-state index is 0.459. The van der Waals surface area contributed by atoms with Gasteiger partial charge in [-0.2, -0.15) is 0 Å². The van der Waals surface area contributed by atoms with E-state index in [-0.39, 0.29) is 0 Å². The molecule has 0 aliphatic heterocycles. The van der Waals surface area contributed by atoms with Gasteiger partial charge >= 0.3 is 0 Å². The summed E-state index contributed by atoms with van der Waals surface area (Å²) in [5, 5.41) is 0. The molecule has 3 aliphatic rings. The van der Waals surface area contributed by atoms with Crippen LogP contribution in [0.5, 0.6) is 0 Å². The summed E-state index contributed by atoms with van der Waals surface area (Å²) in [7, 11) is 0. The fraction of sp³-hybridized carbons (Fsp3) is 0.812. The molecular formula is C16H24. The van der Waals surface area contributed by atoms with Gasteiger partial charge in [0.25, 0.3) is 0 Å². The molecule has 0 heteroatoms. The maximum atomic E-state index is 3.73. The van der Waals surface area contributed by atoms with E-state index in [2.05, 4.69) is 47.3 Å². The number of hydrogen-bond donors (Lipinski definition) is 0. The Morgan fingerprint density at radius 3 is 2.44 bits per heavy atom. The van der Waals surface area contributed by atoms with Gasteiger partial charge in [0, 0.05) is 11.3 Å². The molecule has 4 unspecified atom stereocenters. The van der Waals surface area contributed by atoms with E-state index in [0.717, 1.165) is 11.8 Å². The highest BCUT2D eigenvalue weighted by Crippen LogP contribution is 2.84. The molecule has 0 heterocycles. The molecule has 16 heavy (non-hydrogen) atoms. The average Bonchev–Trinajstić information content (AvgIpc) is 2.45. The molecular weight excluding hydrogens is 192 g/mol.